The van der Waals surface area contributed by atoms with Gasteiger partial charge >= 0.3 is 5.97 Å². The Balaban J connectivity index is 1.58. The van der Waals surface area contributed by atoms with E-state index < -0.39 is 18.0 Å². The maximum absolute atomic E-state index is 12.3. The van der Waals surface area contributed by atoms with Crippen LogP contribution in [0.2, 0.25) is 0 Å². The van der Waals surface area contributed by atoms with E-state index in [2.05, 4.69) is 5.32 Å². The van der Waals surface area contributed by atoms with Gasteiger partial charge in [-0.3, -0.25) is 9.59 Å². The van der Waals surface area contributed by atoms with Gasteiger partial charge in [-0.2, -0.15) is 0 Å². The van der Waals surface area contributed by atoms with Crippen molar-refractivity contribution in [2.45, 2.75) is 20.0 Å². The highest BCUT2D eigenvalue weighted by Crippen LogP contribution is 2.31. The molecule has 1 heterocycles. The minimum Gasteiger partial charge on any atom is -0.486 e. The van der Waals surface area contributed by atoms with Gasteiger partial charge in [0.25, 0.3) is 5.91 Å². The molecule has 1 aliphatic heterocycles. The second-order valence-corrected chi connectivity index (χ2v) is 6.41. The van der Waals surface area contributed by atoms with E-state index in [0.29, 0.717) is 36.0 Å². The average Bonchev–Trinajstić information content (AvgIpc) is 2.72. The Morgan fingerprint density at radius 1 is 1.07 bits per heavy atom. The molecule has 1 N–H and O–H groups in total. The van der Waals surface area contributed by atoms with E-state index >= 15 is 0 Å². The van der Waals surface area contributed by atoms with Crippen LogP contribution in [0.5, 0.6) is 11.5 Å². The molecule has 1 atom stereocenters. The topological polar surface area (TPSA) is 90.9 Å². The van der Waals surface area contributed by atoms with E-state index in [1.807, 2.05) is 0 Å². The Morgan fingerprint density at radius 2 is 1.79 bits per heavy atom. The largest absolute Gasteiger partial charge is 0.486 e. The van der Waals surface area contributed by atoms with Gasteiger partial charge in [0.1, 0.15) is 13.2 Å². The number of carbonyl (C=O) groups excluding carboxylic acids is 3. The van der Waals surface area contributed by atoms with E-state index in [0.717, 1.165) is 5.56 Å². The van der Waals surface area contributed by atoms with E-state index in [9.17, 15) is 14.4 Å². The van der Waals surface area contributed by atoms with E-state index in [1.54, 1.807) is 48.5 Å². The lowest BCUT2D eigenvalue weighted by Crippen LogP contribution is -2.30. The molecule has 0 spiro atoms. The number of hydrogen-bond donors (Lipinski definition) is 1. The number of esters is 1. The third kappa shape index (κ3) is 5.22. The quantitative estimate of drug-likeness (QED) is 0.459. The molecule has 0 unspecified atom stereocenters. The summed E-state index contributed by atoms with van der Waals surface area (Å²) >= 11 is 0. The van der Waals surface area contributed by atoms with Crippen LogP contribution in [0.3, 0.4) is 0 Å². The Kier molecular flexibility index (Phi) is 6.29. The minimum absolute atomic E-state index is 0.173. The number of nitrogens with one attached hydrogen (secondary N) is 1. The summed E-state index contributed by atoms with van der Waals surface area (Å²) in [6.45, 7) is 3.85. The molecule has 7 nitrogen and oxygen atoms in total. The first-order chi connectivity index (χ1) is 13.9. The van der Waals surface area contributed by atoms with Crippen LogP contribution in [0.1, 0.15) is 29.8 Å². The van der Waals surface area contributed by atoms with Crippen LogP contribution in [0.15, 0.2) is 48.5 Å². The van der Waals surface area contributed by atoms with E-state index in [-0.39, 0.29) is 5.78 Å². The lowest BCUT2D eigenvalue weighted by molar-refractivity contribution is -0.148. The van der Waals surface area contributed by atoms with Crippen LogP contribution in [0.4, 0.5) is 5.69 Å². The fourth-order valence-corrected chi connectivity index (χ4v) is 2.73. The number of ketones is 1. The average molecular weight is 395 g/mol. The number of para-hydroxylation sites is 1. The number of amides is 1. The zero-order valence-corrected chi connectivity index (χ0v) is 16.1. The number of rotatable bonds is 6. The summed E-state index contributed by atoms with van der Waals surface area (Å²) in [5.41, 5.74) is 1.50. The first-order valence-electron chi connectivity index (χ1n) is 9.13. The molecule has 1 amide bonds. The number of fused-ring (bicyclic) bond motifs is 1. The van der Waals surface area contributed by atoms with Crippen molar-refractivity contribution in [3.63, 3.8) is 0 Å². The Bertz CT molecular complexity index is 966. The van der Waals surface area contributed by atoms with Gasteiger partial charge < -0.3 is 19.5 Å². The molecule has 150 valence electrons. The molecular weight excluding hydrogens is 374 g/mol. The summed E-state index contributed by atoms with van der Waals surface area (Å²) in [5, 5.41) is 2.61. The number of ether oxygens (including phenoxy) is 3. The fourth-order valence-electron chi connectivity index (χ4n) is 2.73. The number of anilines is 1. The predicted octanol–water partition coefficient (Wildman–Crippen LogP) is 3.24. The maximum atomic E-state index is 12.3. The van der Waals surface area contributed by atoms with Crippen molar-refractivity contribution in [2.24, 2.45) is 0 Å². The molecule has 0 saturated carbocycles. The summed E-state index contributed by atoms with van der Waals surface area (Å²) in [6.07, 6.45) is 1.77. The molecule has 0 aromatic heterocycles. The number of Topliss-reactive ketones (excluding diaryl/α,β-unsaturated/α-hetero) is 1. The van der Waals surface area contributed by atoms with E-state index in [1.165, 1.54) is 19.9 Å². The van der Waals surface area contributed by atoms with Crippen molar-refractivity contribution in [3.8, 4) is 11.5 Å². The summed E-state index contributed by atoms with van der Waals surface area (Å²) in [6, 6.07) is 11.9. The molecule has 3 rings (SSSR count). The van der Waals surface area contributed by atoms with Crippen molar-refractivity contribution >= 4 is 29.4 Å². The normalized spacial score (nSPS) is 13.6. The molecule has 2 aromatic carbocycles. The first kappa shape index (κ1) is 20.1. The van der Waals surface area contributed by atoms with Crippen LogP contribution in [-0.4, -0.2) is 37.0 Å². The summed E-state index contributed by atoms with van der Waals surface area (Å²) in [5.74, 6) is -0.0918. The van der Waals surface area contributed by atoms with Crippen LogP contribution >= 0.6 is 0 Å². The SMILES string of the molecule is CC(=O)c1ccccc1NC(=O)[C@H](C)OC(=O)/C=C/c1ccc2c(c1)OCCO2. The van der Waals surface area contributed by atoms with Crippen molar-refractivity contribution in [3.05, 3.63) is 59.7 Å². The predicted molar refractivity (Wildman–Crippen MR) is 107 cm³/mol. The Labute approximate surface area is 168 Å². The highest BCUT2D eigenvalue weighted by Gasteiger charge is 2.18. The Hall–Kier alpha value is -3.61. The lowest BCUT2D eigenvalue weighted by Gasteiger charge is -2.18. The van der Waals surface area contributed by atoms with Gasteiger partial charge in [-0.15, -0.1) is 0 Å². The van der Waals surface area contributed by atoms with Crippen LogP contribution in [-0.2, 0) is 14.3 Å². The van der Waals surface area contributed by atoms with E-state index in [4.69, 9.17) is 14.2 Å². The molecule has 7 heteroatoms. The molecule has 0 saturated heterocycles. The Morgan fingerprint density at radius 3 is 2.55 bits per heavy atom. The zero-order chi connectivity index (χ0) is 20.8. The van der Waals surface area contributed by atoms with Gasteiger partial charge in [0.2, 0.25) is 0 Å². The van der Waals surface area contributed by atoms with Gasteiger partial charge in [0.15, 0.2) is 23.4 Å². The minimum atomic E-state index is -1.03. The van der Waals surface area contributed by atoms with Crippen LogP contribution in [0, 0.1) is 0 Å². The smallest absolute Gasteiger partial charge is 0.331 e. The van der Waals surface area contributed by atoms with Gasteiger partial charge in [0, 0.05) is 11.6 Å². The lowest BCUT2D eigenvalue weighted by atomic mass is 10.1. The number of carbonyl (C=O) groups is 3. The first-order valence-corrected chi connectivity index (χ1v) is 9.13. The van der Waals surface area contributed by atoms with Gasteiger partial charge in [0.05, 0.1) is 5.69 Å². The van der Waals surface area contributed by atoms with Crippen molar-refractivity contribution in [1.82, 2.24) is 0 Å². The third-order valence-electron chi connectivity index (χ3n) is 4.20. The third-order valence-corrected chi connectivity index (χ3v) is 4.20. The van der Waals surface area contributed by atoms with Crippen molar-refractivity contribution < 1.29 is 28.6 Å². The fraction of sp³-hybridized carbons (Fsp3) is 0.227. The molecule has 29 heavy (non-hydrogen) atoms. The van der Waals surface area contributed by atoms with Crippen LogP contribution in [0.25, 0.3) is 6.08 Å². The number of benzene rings is 2. The van der Waals surface area contributed by atoms with Crippen molar-refractivity contribution in [1.29, 1.82) is 0 Å². The molecule has 1 aliphatic rings. The monoisotopic (exact) mass is 395 g/mol. The molecule has 0 fully saturated rings. The second-order valence-electron chi connectivity index (χ2n) is 6.41. The van der Waals surface area contributed by atoms with Gasteiger partial charge in [-0.25, -0.2) is 4.79 Å². The standard InChI is InChI=1S/C22H21NO6/c1-14(24)17-5-3-4-6-18(17)23-22(26)15(2)29-21(25)10-8-16-7-9-19-20(13-16)28-12-11-27-19/h3-10,13,15H,11-12H2,1-2H3,(H,23,26)/b10-8+/t15-/m0/s1. The highest BCUT2D eigenvalue weighted by atomic mass is 16.6. The number of hydrogen-bond acceptors (Lipinski definition) is 6. The highest BCUT2D eigenvalue weighted by molar-refractivity contribution is 6.05. The van der Waals surface area contributed by atoms with Gasteiger partial charge in [-0.05, 0) is 49.8 Å². The summed E-state index contributed by atoms with van der Waals surface area (Å²) in [7, 11) is 0. The molecule has 0 bridgehead atoms. The second kappa shape index (κ2) is 9.05. The zero-order valence-electron chi connectivity index (χ0n) is 16.1. The van der Waals surface area contributed by atoms with Crippen LogP contribution < -0.4 is 14.8 Å². The molecule has 2 aromatic rings. The summed E-state index contributed by atoms with van der Waals surface area (Å²) < 4.78 is 16.1. The molecular formula is C22H21NO6. The maximum Gasteiger partial charge on any atom is 0.331 e. The summed E-state index contributed by atoms with van der Waals surface area (Å²) in [4.78, 5) is 36.0. The molecule has 0 radical (unpaired) electrons. The molecule has 0 aliphatic carbocycles. The van der Waals surface area contributed by atoms with Crippen molar-refractivity contribution in [2.75, 3.05) is 18.5 Å². The van der Waals surface area contributed by atoms with Gasteiger partial charge in [-0.1, -0.05) is 18.2 Å².